The number of thiophene rings is 1. The highest BCUT2D eigenvalue weighted by molar-refractivity contribution is 7.20. The summed E-state index contributed by atoms with van der Waals surface area (Å²) in [5.41, 5.74) is -0.568. The van der Waals surface area contributed by atoms with Gasteiger partial charge in [0.2, 0.25) is 0 Å². The predicted molar refractivity (Wildman–Crippen MR) is 56.3 cm³/mol. The summed E-state index contributed by atoms with van der Waals surface area (Å²) in [5, 5.41) is 9.30. The third kappa shape index (κ3) is 1.97. The van der Waals surface area contributed by atoms with E-state index in [1.54, 1.807) is 6.92 Å². The number of halogens is 3. The molecule has 17 heavy (non-hydrogen) atoms. The van der Waals surface area contributed by atoms with Crippen molar-refractivity contribution in [2.45, 2.75) is 13.1 Å². The predicted octanol–water partition coefficient (Wildman–Crippen LogP) is 3.32. The number of carboxylic acids is 1. The van der Waals surface area contributed by atoms with Crippen molar-refractivity contribution in [1.29, 1.82) is 0 Å². The number of rotatable bonds is 1. The minimum absolute atomic E-state index is 0.0202. The molecule has 0 saturated carbocycles. The van der Waals surface area contributed by atoms with Gasteiger partial charge in [-0.1, -0.05) is 0 Å². The van der Waals surface area contributed by atoms with Crippen LogP contribution in [-0.4, -0.2) is 16.1 Å². The number of aromatic nitrogens is 1. The van der Waals surface area contributed by atoms with Gasteiger partial charge in [-0.25, -0.2) is 9.78 Å². The lowest BCUT2D eigenvalue weighted by Crippen LogP contribution is -2.06. The molecule has 0 unspecified atom stereocenters. The highest BCUT2D eigenvalue weighted by Crippen LogP contribution is 2.34. The fraction of sp³-hybridized carbons (Fsp3) is 0.200. The Balaban J connectivity index is 2.68. The minimum atomic E-state index is -4.52. The van der Waals surface area contributed by atoms with Crippen LogP contribution in [0.5, 0.6) is 0 Å². The molecule has 0 atom stereocenters. The van der Waals surface area contributed by atoms with Crippen molar-refractivity contribution in [3.63, 3.8) is 0 Å². The molecule has 1 N–H and O–H groups in total. The third-order valence-electron chi connectivity index (χ3n) is 2.29. The second-order valence-corrected chi connectivity index (χ2v) is 4.41. The number of alkyl halides is 3. The number of carboxylic acid groups (broad SMARTS) is 1. The Hall–Kier alpha value is -1.63. The maximum atomic E-state index is 12.4. The first kappa shape index (κ1) is 11.8. The zero-order valence-corrected chi connectivity index (χ0v) is 9.32. The first-order valence-electron chi connectivity index (χ1n) is 4.51. The van der Waals surface area contributed by atoms with Gasteiger partial charge < -0.3 is 5.11 Å². The molecule has 2 aromatic rings. The molecule has 2 heterocycles. The number of aryl methyl sites for hydroxylation is 1. The highest BCUT2D eigenvalue weighted by Gasteiger charge is 2.33. The van der Waals surface area contributed by atoms with Crippen LogP contribution in [0.25, 0.3) is 10.2 Å². The smallest absolute Gasteiger partial charge is 0.433 e. The van der Waals surface area contributed by atoms with Gasteiger partial charge in [-0.2, -0.15) is 13.2 Å². The van der Waals surface area contributed by atoms with E-state index < -0.39 is 17.8 Å². The van der Waals surface area contributed by atoms with Crippen LogP contribution in [0, 0.1) is 6.92 Å². The molecule has 0 aromatic carbocycles. The van der Waals surface area contributed by atoms with E-state index >= 15 is 0 Å². The third-order valence-corrected chi connectivity index (χ3v) is 3.48. The van der Waals surface area contributed by atoms with Gasteiger partial charge in [0.05, 0.1) is 0 Å². The molecule has 0 aliphatic heterocycles. The zero-order chi connectivity index (χ0) is 12.8. The lowest BCUT2D eigenvalue weighted by molar-refractivity contribution is -0.140. The van der Waals surface area contributed by atoms with Crippen molar-refractivity contribution in [3.05, 3.63) is 28.3 Å². The number of hydrogen-bond donors (Lipinski definition) is 1. The van der Waals surface area contributed by atoms with Crippen LogP contribution in [0.15, 0.2) is 12.1 Å². The van der Waals surface area contributed by atoms with Gasteiger partial charge in [0.15, 0.2) is 0 Å². The van der Waals surface area contributed by atoms with Crippen LogP contribution < -0.4 is 0 Å². The summed E-state index contributed by atoms with van der Waals surface area (Å²) in [6, 6.07) is 2.11. The second kappa shape index (κ2) is 3.69. The average molecular weight is 261 g/mol. The monoisotopic (exact) mass is 261 g/mol. The van der Waals surface area contributed by atoms with Crippen LogP contribution in [-0.2, 0) is 6.18 Å². The van der Waals surface area contributed by atoms with Gasteiger partial charge >= 0.3 is 12.1 Å². The van der Waals surface area contributed by atoms with Gasteiger partial charge in [0, 0.05) is 5.39 Å². The summed E-state index contributed by atoms with van der Waals surface area (Å²) >= 11 is 0.752. The van der Waals surface area contributed by atoms with Crippen LogP contribution >= 0.6 is 11.3 Å². The fourth-order valence-corrected chi connectivity index (χ4v) is 2.48. The van der Waals surface area contributed by atoms with Crippen LogP contribution in [0.2, 0.25) is 0 Å². The molecule has 0 radical (unpaired) electrons. The van der Waals surface area contributed by atoms with Crippen molar-refractivity contribution in [2.24, 2.45) is 0 Å². The van der Waals surface area contributed by atoms with Crippen LogP contribution in [0.3, 0.4) is 0 Å². The first-order chi connectivity index (χ1) is 7.80. The maximum absolute atomic E-state index is 12.4. The van der Waals surface area contributed by atoms with Crippen molar-refractivity contribution in [1.82, 2.24) is 4.98 Å². The van der Waals surface area contributed by atoms with Crippen LogP contribution in [0.1, 0.15) is 20.9 Å². The number of pyridine rings is 1. The zero-order valence-electron chi connectivity index (χ0n) is 8.50. The molecule has 0 fully saturated rings. The standard InChI is InChI=1S/C10H6F3NO2S/c1-4-5-2-3-6(10(11,12)13)14-8(5)17-7(4)9(15)16/h2-3H,1H3,(H,15,16). The van der Waals surface area contributed by atoms with E-state index in [-0.39, 0.29) is 9.71 Å². The summed E-state index contributed by atoms with van der Waals surface area (Å²) in [4.78, 5) is 14.4. The van der Waals surface area contributed by atoms with Crippen molar-refractivity contribution < 1.29 is 23.1 Å². The Labute approximate surface area is 97.5 Å². The quantitative estimate of drug-likeness (QED) is 0.856. The SMILES string of the molecule is Cc1c(C(=O)O)sc2nc(C(F)(F)F)ccc12. The van der Waals surface area contributed by atoms with Gasteiger partial charge in [0.1, 0.15) is 15.4 Å². The second-order valence-electron chi connectivity index (χ2n) is 3.41. The molecule has 3 nitrogen and oxygen atoms in total. The highest BCUT2D eigenvalue weighted by atomic mass is 32.1. The summed E-state index contributed by atoms with van der Waals surface area (Å²) in [5.74, 6) is -1.15. The Bertz CT molecular complexity index is 603. The summed E-state index contributed by atoms with van der Waals surface area (Å²) in [7, 11) is 0. The van der Waals surface area contributed by atoms with E-state index in [9.17, 15) is 18.0 Å². The van der Waals surface area contributed by atoms with Crippen molar-refractivity contribution in [3.8, 4) is 0 Å². The fourth-order valence-electron chi connectivity index (χ4n) is 1.46. The molecule has 0 amide bonds. The Morgan fingerprint density at radius 3 is 2.59 bits per heavy atom. The summed E-state index contributed by atoms with van der Waals surface area (Å²) in [6.07, 6.45) is -4.52. The Kier molecular flexibility index (Phi) is 2.57. The lowest BCUT2D eigenvalue weighted by Gasteiger charge is -2.04. The van der Waals surface area contributed by atoms with Crippen molar-refractivity contribution >= 4 is 27.5 Å². The Morgan fingerprint density at radius 2 is 2.06 bits per heavy atom. The number of aromatic carboxylic acids is 1. The summed E-state index contributed by atoms with van der Waals surface area (Å²) in [6.45, 7) is 1.55. The van der Waals surface area contributed by atoms with E-state index in [4.69, 9.17) is 5.11 Å². The minimum Gasteiger partial charge on any atom is -0.477 e. The maximum Gasteiger partial charge on any atom is 0.433 e. The number of nitrogens with zero attached hydrogens (tertiary/aromatic N) is 1. The van der Waals surface area contributed by atoms with Crippen LogP contribution in [0.4, 0.5) is 13.2 Å². The molecule has 0 aliphatic rings. The number of carbonyl (C=O) groups is 1. The molecule has 0 saturated heterocycles. The molecular weight excluding hydrogens is 255 g/mol. The normalized spacial score (nSPS) is 12.0. The molecular formula is C10H6F3NO2S. The van der Waals surface area contributed by atoms with E-state index in [0.717, 1.165) is 17.4 Å². The Morgan fingerprint density at radius 1 is 1.41 bits per heavy atom. The van der Waals surface area contributed by atoms with Gasteiger partial charge in [-0.15, -0.1) is 11.3 Å². The number of hydrogen-bond acceptors (Lipinski definition) is 3. The van der Waals surface area contributed by atoms with E-state index in [0.29, 0.717) is 10.9 Å². The molecule has 0 spiro atoms. The van der Waals surface area contributed by atoms with Gasteiger partial charge in [-0.05, 0) is 24.6 Å². The molecule has 7 heteroatoms. The lowest BCUT2D eigenvalue weighted by atomic mass is 10.2. The molecule has 0 aliphatic carbocycles. The first-order valence-corrected chi connectivity index (χ1v) is 5.33. The molecule has 0 bridgehead atoms. The largest absolute Gasteiger partial charge is 0.477 e. The van der Waals surface area contributed by atoms with E-state index in [2.05, 4.69) is 4.98 Å². The molecule has 2 rings (SSSR count). The topological polar surface area (TPSA) is 50.2 Å². The van der Waals surface area contributed by atoms with Crippen molar-refractivity contribution in [2.75, 3.05) is 0 Å². The molecule has 90 valence electrons. The van der Waals surface area contributed by atoms with Gasteiger partial charge in [-0.3, -0.25) is 0 Å². The summed E-state index contributed by atoms with van der Waals surface area (Å²) < 4.78 is 37.2. The average Bonchev–Trinajstić information content (AvgIpc) is 2.54. The van der Waals surface area contributed by atoms with E-state index in [1.165, 1.54) is 6.07 Å². The van der Waals surface area contributed by atoms with Gasteiger partial charge in [0.25, 0.3) is 0 Å². The van der Waals surface area contributed by atoms with E-state index in [1.807, 2.05) is 0 Å². The molecule has 2 aromatic heterocycles. The number of fused-ring (bicyclic) bond motifs is 1.